The molecule has 0 heterocycles. The number of anilines is 2. The highest BCUT2D eigenvalue weighted by Crippen LogP contribution is 2.36. The second kappa shape index (κ2) is 11.4. The third kappa shape index (κ3) is 6.71. The molecule has 1 aliphatic carbocycles. The number of esters is 1. The minimum Gasteiger partial charge on any atom is -0.495 e. The van der Waals surface area contributed by atoms with Crippen molar-refractivity contribution in [3.63, 3.8) is 0 Å². The average molecular weight is 454 g/mol. The second-order valence-electron chi connectivity index (χ2n) is 8.25. The molecule has 3 N–H and O–H groups in total. The van der Waals surface area contributed by atoms with Crippen molar-refractivity contribution < 1.29 is 23.9 Å². The number of carbonyl (C=O) groups excluding carboxylic acids is 3. The van der Waals surface area contributed by atoms with Crippen molar-refractivity contribution in [1.29, 1.82) is 0 Å². The van der Waals surface area contributed by atoms with Gasteiger partial charge in [-0.2, -0.15) is 0 Å². The topological polar surface area (TPSA) is 106 Å². The quantitative estimate of drug-likeness (QED) is 0.545. The number of rotatable bonds is 7. The summed E-state index contributed by atoms with van der Waals surface area (Å²) in [4.78, 5) is 35.8. The van der Waals surface area contributed by atoms with E-state index in [0.29, 0.717) is 23.0 Å². The van der Waals surface area contributed by atoms with Gasteiger partial charge in [0.2, 0.25) is 5.91 Å². The molecule has 2 aromatic rings. The second-order valence-corrected chi connectivity index (χ2v) is 8.25. The molecule has 8 nitrogen and oxygen atoms in total. The zero-order valence-electron chi connectivity index (χ0n) is 19.3. The van der Waals surface area contributed by atoms with Crippen molar-refractivity contribution in [3.8, 4) is 5.75 Å². The number of nitrogens with one attached hydrogen (secondary N) is 3. The van der Waals surface area contributed by atoms with Crippen LogP contribution in [0.2, 0.25) is 0 Å². The third-order valence-electron chi connectivity index (χ3n) is 5.98. The molecular weight excluding hydrogens is 422 g/mol. The molecule has 33 heavy (non-hydrogen) atoms. The standard InChI is InChI=1S/C25H31N3O5/c1-16-4-13-22(32-2)21(14-16)28-25(31)27-20-11-9-18(10-12-20)17-5-7-19(8-6-17)24(30)26-15-23(29)33-3/h4,9-14,17,19H,5-8,15H2,1-3H3,(H,26,30)(H2,27,28,31)/t17-,19-. The predicted octanol–water partition coefficient (Wildman–Crippen LogP) is 4.21. The van der Waals surface area contributed by atoms with Crippen LogP contribution in [0.4, 0.5) is 16.2 Å². The van der Waals surface area contributed by atoms with Gasteiger partial charge >= 0.3 is 12.0 Å². The van der Waals surface area contributed by atoms with Gasteiger partial charge in [0, 0.05) is 11.6 Å². The Balaban J connectivity index is 1.50. The minimum atomic E-state index is -0.447. The van der Waals surface area contributed by atoms with Crippen molar-refractivity contribution in [3.05, 3.63) is 53.6 Å². The lowest BCUT2D eigenvalue weighted by Crippen LogP contribution is -2.36. The Hall–Kier alpha value is -3.55. The lowest BCUT2D eigenvalue weighted by Gasteiger charge is -2.28. The molecule has 0 radical (unpaired) electrons. The summed E-state index contributed by atoms with van der Waals surface area (Å²) in [5.41, 5.74) is 3.51. The lowest BCUT2D eigenvalue weighted by atomic mass is 9.78. The molecular formula is C25H31N3O5. The highest BCUT2D eigenvalue weighted by atomic mass is 16.5. The molecule has 3 amide bonds. The van der Waals surface area contributed by atoms with E-state index in [9.17, 15) is 14.4 Å². The summed E-state index contributed by atoms with van der Waals surface area (Å²) in [6, 6.07) is 13.1. The van der Waals surface area contributed by atoms with Gasteiger partial charge in [-0.05, 0) is 73.9 Å². The highest BCUT2D eigenvalue weighted by molar-refractivity contribution is 6.00. The number of amides is 3. The summed E-state index contributed by atoms with van der Waals surface area (Å²) < 4.78 is 9.85. The maximum Gasteiger partial charge on any atom is 0.325 e. The molecule has 8 heteroatoms. The normalized spacial score (nSPS) is 17.5. The molecule has 1 fully saturated rings. The first-order valence-electron chi connectivity index (χ1n) is 11.1. The highest BCUT2D eigenvalue weighted by Gasteiger charge is 2.27. The van der Waals surface area contributed by atoms with Crippen molar-refractivity contribution in [2.75, 3.05) is 31.4 Å². The van der Waals surface area contributed by atoms with Crippen molar-refractivity contribution in [2.45, 2.75) is 38.5 Å². The molecule has 1 saturated carbocycles. The van der Waals surface area contributed by atoms with Gasteiger partial charge in [-0.25, -0.2) is 4.79 Å². The number of ether oxygens (including phenoxy) is 2. The summed E-state index contributed by atoms with van der Waals surface area (Å²) in [7, 11) is 2.86. The van der Waals surface area contributed by atoms with Crippen LogP contribution < -0.4 is 20.7 Å². The van der Waals surface area contributed by atoms with Crippen molar-refractivity contribution in [2.24, 2.45) is 5.92 Å². The van der Waals surface area contributed by atoms with Crippen LogP contribution in [-0.4, -0.2) is 38.7 Å². The zero-order valence-corrected chi connectivity index (χ0v) is 19.3. The van der Waals surface area contributed by atoms with Crippen LogP contribution in [0.25, 0.3) is 0 Å². The largest absolute Gasteiger partial charge is 0.495 e. The zero-order chi connectivity index (χ0) is 23.8. The van der Waals surface area contributed by atoms with Crippen LogP contribution in [0.5, 0.6) is 5.75 Å². The van der Waals surface area contributed by atoms with Gasteiger partial charge in [0.05, 0.1) is 19.9 Å². The minimum absolute atomic E-state index is 0.0749. The monoisotopic (exact) mass is 453 g/mol. The Kier molecular flexibility index (Phi) is 8.29. The maximum absolute atomic E-state index is 12.4. The number of carbonyl (C=O) groups is 3. The number of methoxy groups -OCH3 is 2. The van der Waals surface area contributed by atoms with Gasteiger partial charge in [-0.15, -0.1) is 0 Å². The van der Waals surface area contributed by atoms with E-state index in [0.717, 1.165) is 31.2 Å². The molecule has 0 aliphatic heterocycles. The summed E-state index contributed by atoms with van der Waals surface area (Å²) in [5, 5.41) is 8.31. The SMILES string of the molecule is COC(=O)CNC(=O)[C@H]1CC[C@H](c2ccc(NC(=O)Nc3cc(C)ccc3OC)cc2)CC1. The summed E-state index contributed by atoms with van der Waals surface area (Å²) in [6.45, 7) is 1.86. The summed E-state index contributed by atoms with van der Waals surface area (Å²) in [5.74, 6) is 0.357. The van der Waals surface area contributed by atoms with E-state index in [-0.39, 0.29) is 24.4 Å². The van der Waals surface area contributed by atoms with Crippen molar-refractivity contribution >= 4 is 29.3 Å². The number of aryl methyl sites for hydroxylation is 1. The van der Waals surface area contributed by atoms with Crippen molar-refractivity contribution in [1.82, 2.24) is 5.32 Å². The first-order chi connectivity index (χ1) is 15.9. The van der Waals surface area contributed by atoms with Crippen LogP contribution in [0.1, 0.15) is 42.7 Å². The van der Waals surface area contributed by atoms with Gasteiger partial charge in [-0.3, -0.25) is 9.59 Å². The molecule has 0 atom stereocenters. The van der Waals surface area contributed by atoms with E-state index >= 15 is 0 Å². The van der Waals surface area contributed by atoms with Gasteiger partial charge in [0.1, 0.15) is 12.3 Å². The fraction of sp³-hybridized carbons (Fsp3) is 0.400. The maximum atomic E-state index is 12.4. The Labute approximate surface area is 194 Å². The Bertz CT molecular complexity index is 982. The first-order valence-corrected chi connectivity index (χ1v) is 11.1. The van der Waals surface area contributed by atoms with E-state index in [1.54, 1.807) is 7.11 Å². The van der Waals surface area contributed by atoms with Crippen LogP contribution in [0.3, 0.4) is 0 Å². The predicted molar refractivity (Wildman–Crippen MR) is 127 cm³/mol. The Morgan fingerprint density at radius 3 is 2.27 bits per heavy atom. The van der Waals surface area contributed by atoms with Gasteiger partial charge in [0.25, 0.3) is 0 Å². The molecule has 0 aromatic heterocycles. The van der Waals surface area contributed by atoms with E-state index in [1.807, 2.05) is 49.4 Å². The Morgan fingerprint density at radius 1 is 0.939 bits per heavy atom. The fourth-order valence-electron chi connectivity index (χ4n) is 4.11. The molecule has 0 spiro atoms. The third-order valence-corrected chi connectivity index (χ3v) is 5.98. The van der Waals surface area contributed by atoms with E-state index in [2.05, 4.69) is 20.7 Å². The van der Waals surface area contributed by atoms with Gasteiger partial charge < -0.3 is 25.4 Å². The fourth-order valence-corrected chi connectivity index (χ4v) is 4.11. The van der Waals surface area contributed by atoms with Crippen LogP contribution in [0.15, 0.2) is 42.5 Å². The molecule has 0 bridgehead atoms. The molecule has 176 valence electrons. The number of benzene rings is 2. The Morgan fingerprint density at radius 2 is 1.64 bits per heavy atom. The summed E-state index contributed by atoms with van der Waals surface area (Å²) in [6.07, 6.45) is 3.35. The van der Waals surface area contributed by atoms with E-state index < -0.39 is 5.97 Å². The van der Waals surface area contributed by atoms with E-state index in [4.69, 9.17) is 4.74 Å². The first kappa shape index (κ1) is 24.1. The van der Waals surface area contributed by atoms with E-state index in [1.165, 1.54) is 12.7 Å². The smallest absolute Gasteiger partial charge is 0.325 e. The summed E-state index contributed by atoms with van der Waals surface area (Å²) >= 11 is 0. The number of hydrogen-bond donors (Lipinski definition) is 3. The molecule has 0 saturated heterocycles. The lowest BCUT2D eigenvalue weighted by molar-refractivity contribution is -0.141. The molecule has 2 aromatic carbocycles. The van der Waals surface area contributed by atoms with Crippen LogP contribution >= 0.6 is 0 Å². The number of hydrogen-bond acceptors (Lipinski definition) is 5. The number of urea groups is 1. The molecule has 0 unspecified atom stereocenters. The molecule has 1 aliphatic rings. The average Bonchev–Trinajstić information content (AvgIpc) is 2.83. The molecule has 3 rings (SSSR count). The van der Waals surface area contributed by atoms with Crippen LogP contribution in [0, 0.1) is 12.8 Å². The van der Waals surface area contributed by atoms with Gasteiger partial charge in [0.15, 0.2) is 0 Å². The van der Waals surface area contributed by atoms with Crippen LogP contribution in [-0.2, 0) is 14.3 Å². The van der Waals surface area contributed by atoms with Gasteiger partial charge in [-0.1, -0.05) is 18.2 Å².